The maximum absolute atomic E-state index is 12.1. The normalized spacial score (nSPS) is 20.9. The van der Waals surface area contributed by atoms with E-state index in [1.54, 1.807) is 12.3 Å². The van der Waals surface area contributed by atoms with Crippen LogP contribution in [0, 0.1) is 5.92 Å². The summed E-state index contributed by atoms with van der Waals surface area (Å²) < 4.78 is 0.910. The summed E-state index contributed by atoms with van der Waals surface area (Å²) >= 11 is 3.36. The summed E-state index contributed by atoms with van der Waals surface area (Å²) in [6, 6.07) is 13.8. The van der Waals surface area contributed by atoms with Gasteiger partial charge < -0.3 is 5.32 Å². The molecule has 3 rings (SSSR count). The van der Waals surface area contributed by atoms with Crippen LogP contribution < -0.4 is 5.32 Å². The van der Waals surface area contributed by atoms with Crippen LogP contribution in [-0.2, 0) is 4.79 Å². The van der Waals surface area contributed by atoms with E-state index in [9.17, 15) is 4.79 Å². The van der Waals surface area contributed by atoms with Crippen LogP contribution >= 0.6 is 15.9 Å². The van der Waals surface area contributed by atoms with Gasteiger partial charge in [-0.3, -0.25) is 4.79 Å². The summed E-state index contributed by atoms with van der Waals surface area (Å²) in [6.45, 7) is 0. The predicted octanol–water partition coefficient (Wildman–Crippen LogP) is 3.59. The first-order valence-electron chi connectivity index (χ1n) is 6.21. The van der Waals surface area contributed by atoms with Crippen LogP contribution in [0.3, 0.4) is 0 Å². The topological polar surface area (TPSA) is 42.0 Å². The largest absolute Gasteiger partial charge is 0.310 e. The van der Waals surface area contributed by atoms with E-state index < -0.39 is 0 Å². The number of carbonyl (C=O) groups is 1. The number of carbonyl (C=O) groups excluding carboxylic acids is 1. The predicted molar refractivity (Wildman–Crippen MR) is 77.9 cm³/mol. The summed E-state index contributed by atoms with van der Waals surface area (Å²) in [7, 11) is 0. The zero-order valence-corrected chi connectivity index (χ0v) is 11.8. The molecule has 1 fully saturated rings. The first-order valence-corrected chi connectivity index (χ1v) is 7.01. The Balaban J connectivity index is 1.64. The van der Waals surface area contributed by atoms with Crippen LogP contribution in [0.1, 0.15) is 17.9 Å². The highest BCUT2D eigenvalue weighted by Gasteiger charge is 2.43. The summed E-state index contributed by atoms with van der Waals surface area (Å²) in [5.41, 5.74) is 1.24. The number of pyridine rings is 1. The highest BCUT2D eigenvalue weighted by Crippen LogP contribution is 2.47. The van der Waals surface area contributed by atoms with Crippen LogP contribution in [0.15, 0.2) is 53.1 Å². The van der Waals surface area contributed by atoms with Gasteiger partial charge in [0.15, 0.2) is 0 Å². The molecule has 0 radical (unpaired) electrons. The number of rotatable bonds is 3. The molecule has 2 aromatic rings. The van der Waals surface area contributed by atoms with Gasteiger partial charge in [-0.05, 0) is 30.0 Å². The Hall–Kier alpha value is -1.68. The van der Waals surface area contributed by atoms with Crippen LogP contribution in [0.4, 0.5) is 5.82 Å². The number of nitrogens with one attached hydrogen (secondary N) is 1. The van der Waals surface area contributed by atoms with Crippen LogP contribution in [0.2, 0.25) is 0 Å². The molecular weight excluding hydrogens is 304 g/mol. The first-order chi connectivity index (χ1) is 9.24. The molecule has 1 amide bonds. The SMILES string of the molecule is O=C(Nc1cc(Br)ccn1)C1CC1c1ccccc1. The van der Waals surface area contributed by atoms with Crippen LogP contribution in [0.25, 0.3) is 0 Å². The highest BCUT2D eigenvalue weighted by molar-refractivity contribution is 9.10. The first kappa shape index (κ1) is 12.4. The maximum atomic E-state index is 12.1. The van der Waals surface area contributed by atoms with E-state index in [4.69, 9.17) is 0 Å². The average Bonchev–Trinajstić information content (AvgIpc) is 3.20. The van der Waals surface area contributed by atoms with E-state index in [2.05, 4.69) is 38.4 Å². The van der Waals surface area contributed by atoms with Crippen molar-refractivity contribution >= 4 is 27.7 Å². The smallest absolute Gasteiger partial charge is 0.229 e. The molecule has 0 aliphatic heterocycles. The van der Waals surface area contributed by atoms with Crippen molar-refractivity contribution < 1.29 is 4.79 Å². The number of aromatic nitrogens is 1. The fraction of sp³-hybridized carbons (Fsp3) is 0.200. The van der Waals surface area contributed by atoms with Gasteiger partial charge in [0.05, 0.1) is 0 Å². The molecule has 1 aliphatic carbocycles. The summed E-state index contributed by atoms with van der Waals surface area (Å²) in [6.07, 6.45) is 2.59. The Morgan fingerprint density at radius 3 is 2.79 bits per heavy atom. The minimum absolute atomic E-state index is 0.0550. The fourth-order valence-corrected chi connectivity index (χ4v) is 2.58. The minimum atomic E-state index is 0.0550. The van der Waals surface area contributed by atoms with Crippen molar-refractivity contribution in [2.24, 2.45) is 5.92 Å². The number of hydrogen-bond acceptors (Lipinski definition) is 2. The second kappa shape index (κ2) is 5.13. The van der Waals surface area contributed by atoms with Gasteiger partial charge in [-0.15, -0.1) is 0 Å². The molecule has 0 bridgehead atoms. The van der Waals surface area contributed by atoms with Crippen molar-refractivity contribution in [2.45, 2.75) is 12.3 Å². The lowest BCUT2D eigenvalue weighted by Crippen LogP contribution is -2.15. The molecule has 1 aliphatic rings. The van der Waals surface area contributed by atoms with E-state index in [0.29, 0.717) is 11.7 Å². The third kappa shape index (κ3) is 2.84. The molecule has 1 aromatic heterocycles. The number of hydrogen-bond donors (Lipinski definition) is 1. The Morgan fingerprint density at radius 1 is 1.26 bits per heavy atom. The molecule has 2 unspecified atom stereocenters. The lowest BCUT2D eigenvalue weighted by molar-refractivity contribution is -0.117. The maximum Gasteiger partial charge on any atom is 0.229 e. The third-order valence-corrected chi connectivity index (χ3v) is 3.82. The Bertz CT molecular complexity index is 600. The van der Waals surface area contributed by atoms with Gasteiger partial charge in [-0.2, -0.15) is 0 Å². The van der Waals surface area contributed by atoms with Crippen molar-refractivity contribution in [1.29, 1.82) is 0 Å². The standard InChI is InChI=1S/C15H13BrN2O/c16-11-6-7-17-14(8-11)18-15(19)13-9-12(13)10-4-2-1-3-5-10/h1-8,12-13H,9H2,(H,17,18,19). The number of nitrogens with zero attached hydrogens (tertiary/aromatic N) is 1. The van der Waals surface area contributed by atoms with Crippen molar-refractivity contribution in [2.75, 3.05) is 5.32 Å². The van der Waals surface area contributed by atoms with Gasteiger partial charge in [0.1, 0.15) is 5.82 Å². The number of benzene rings is 1. The molecule has 1 saturated carbocycles. The van der Waals surface area contributed by atoms with E-state index in [1.165, 1.54) is 5.56 Å². The number of halogens is 1. The second-order valence-corrected chi connectivity index (χ2v) is 5.62. The van der Waals surface area contributed by atoms with E-state index in [1.807, 2.05) is 24.3 Å². The molecule has 4 heteroatoms. The van der Waals surface area contributed by atoms with Gasteiger partial charge in [-0.25, -0.2) is 4.98 Å². The Labute approximate surface area is 120 Å². The quantitative estimate of drug-likeness (QED) is 0.940. The molecule has 1 aromatic carbocycles. The van der Waals surface area contributed by atoms with Gasteiger partial charge >= 0.3 is 0 Å². The summed E-state index contributed by atoms with van der Waals surface area (Å²) in [4.78, 5) is 16.2. The zero-order valence-electron chi connectivity index (χ0n) is 10.2. The molecule has 1 N–H and O–H groups in total. The van der Waals surface area contributed by atoms with E-state index >= 15 is 0 Å². The molecular formula is C15H13BrN2O. The van der Waals surface area contributed by atoms with Gasteiger partial charge in [0.2, 0.25) is 5.91 Å². The molecule has 2 atom stereocenters. The molecule has 0 spiro atoms. The van der Waals surface area contributed by atoms with Crippen molar-refractivity contribution in [3.63, 3.8) is 0 Å². The Morgan fingerprint density at radius 2 is 2.05 bits per heavy atom. The van der Waals surface area contributed by atoms with Gasteiger partial charge in [0.25, 0.3) is 0 Å². The minimum Gasteiger partial charge on any atom is -0.310 e. The molecule has 1 heterocycles. The highest BCUT2D eigenvalue weighted by atomic mass is 79.9. The third-order valence-electron chi connectivity index (χ3n) is 3.33. The van der Waals surface area contributed by atoms with Crippen molar-refractivity contribution in [3.05, 3.63) is 58.7 Å². The number of amides is 1. The summed E-state index contributed by atoms with van der Waals surface area (Å²) in [5, 5.41) is 2.86. The average molecular weight is 317 g/mol. The van der Waals surface area contributed by atoms with Crippen molar-refractivity contribution in [1.82, 2.24) is 4.98 Å². The molecule has 0 saturated heterocycles. The monoisotopic (exact) mass is 316 g/mol. The zero-order chi connectivity index (χ0) is 13.2. The lowest BCUT2D eigenvalue weighted by Gasteiger charge is -2.04. The van der Waals surface area contributed by atoms with Crippen LogP contribution in [0.5, 0.6) is 0 Å². The van der Waals surface area contributed by atoms with E-state index in [0.717, 1.165) is 10.9 Å². The molecule has 19 heavy (non-hydrogen) atoms. The van der Waals surface area contributed by atoms with Gasteiger partial charge in [0, 0.05) is 16.6 Å². The number of anilines is 1. The van der Waals surface area contributed by atoms with Crippen molar-refractivity contribution in [3.8, 4) is 0 Å². The van der Waals surface area contributed by atoms with Crippen LogP contribution in [-0.4, -0.2) is 10.9 Å². The lowest BCUT2D eigenvalue weighted by atomic mass is 10.1. The fourth-order valence-electron chi connectivity index (χ4n) is 2.25. The summed E-state index contributed by atoms with van der Waals surface area (Å²) in [5.74, 6) is 1.08. The molecule has 96 valence electrons. The second-order valence-electron chi connectivity index (χ2n) is 4.71. The van der Waals surface area contributed by atoms with Gasteiger partial charge in [-0.1, -0.05) is 46.3 Å². The molecule has 3 nitrogen and oxygen atoms in total. The Kier molecular flexibility index (Phi) is 3.34. The van der Waals surface area contributed by atoms with E-state index in [-0.39, 0.29) is 11.8 Å².